The van der Waals surface area contributed by atoms with Gasteiger partial charge in [-0.25, -0.2) is 0 Å². The average Bonchev–Trinajstić information content (AvgIpc) is 3.00. The smallest absolute Gasteiger partial charge is 0.253 e. The van der Waals surface area contributed by atoms with E-state index in [0.29, 0.717) is 17.2 Å². The van der Waals surface area contributed by atoms with Crippen LogP contribution in [0.3, 0.4) is 0 Å². The van der Waals surface area contributed by atoms with E-state index in [1.807, 2.05) is 23.6 Å². The largest absolute Gasteiger partial charge is 0.497 e. The number of benzene rings is 1. The van der Waals surface area contributed by atoms with E-state index in [1.54, 1.807) is 24.5 Å². The Morgan fingerprint density at radius 3 is 2.73 bits per heavy atom. The minimum atomic E-state index is -0.0928. The quantitative estimate of drug-likeness (QED) is 0.761. The molecule has 0 aliphatic heterocycles. The van der Waals surface area contributed by atoms with Crippen molar-refractivity contribution in [3.8, 4) is 5.75 Å². The van der Waals surface area contributed by atoms with Crippen molar-refractivity contribution < 1.29 is 9.53 Å². The minimum Gasteiger partial charge on any atom is -0.497 e. The standard InChI is InChI=1S/C17H20BrNO2S/c1-11(2)9-15(16-5-4-8-22-16)19-17(20)13-10-12(21-3)6-7-14(13)18/h4-8,10-11,15H,9H2,1-3H3,(H,19,20). The number of amides is 1. The van der Waals surface area contributed by atoms with Crippen LogP contribution in [0.2, 0.25) is 0 Å². The molecule has 5 heteroatoms. The number of halogens is 1. The van der Waals surface area contributed by atoms with Crippen molar-refractivity contribution in [2.24, 2.45) is 5.92 Å². The zero-order valence-electron chi connectivity index (χ0n) is 12.9. The first-order valence-corrected chi connectivity index (χ1v) is 8.86. The highest BCUT2D eigenvalue weighted by Crippen LogP contribution is 2.27. The molecule has 1 N–H and O–H groups in total. The van der Waals surface area contributed by atoms with Crippen molar-refractivity contribution in [3.05, 3.63) is 50.6 Å². The third-order valence-corrected chi connectivity index (χ3v) is 4.99. The zero-order valence-corrected chi connectivity index (χ0v) is 15.3. The second-order valence-electron chi connectivity index (χ2n) is 5.52. The molecule has 1 atom stereocenters. The Labute approximate surface area is 143 Å². The molecule has 0 aliphatic rings. The molecule has 22 heavy (non-hydrogen) atoms. The molecule has 0 bridgehead atoms. The van der Waals surface area contributed by atoms with Crippen LogP contribution in [-0.2, 0) is 0 Å². The minimum absolute atomic E-state index is 0.0330. The molecule has 118 valence electrons. The van der Waals surface area contributed by atoms with Gasteiger partial charge in [0.25, 0.3) is 5.91 Å². The lowest BCUT2D eigenvalue weighted by Gasteiger charge is -2.20. The number of methoxy groups -OCH3 is 1. The van der Waals surface area contributed by atoms with Gasteiger partial charge in [0.15, 0.2) is 0 Å². The summed E-state index contributed by atoms with van der Waals surface area (Å²) in [6, 6.07) is 9.52. The number of carbonyl (C=O) groups excluding carboxylic acids is 1. The summed E-state index contributed by atoms with van der Waals surface area (Å²) >= 11 is 5.11. The Morgan fingerprint density at radius 2 is 2.14 bits per heavy atom. The Bertz CT molecular complexity index is 626. The van der Waals surface area contributed by atoms with Crippen molar-refractivity contribution in [2.75, 3.05) is 7.11 Å². The molecule has 1 aromatic heterocycles. The molecule has 0 radical (unpaired) electrons. The Hall–Kier alpha value is -1.33. The highest BCUT2D eigenvalue weighted by molar-refractivity contribution is 9.10. The highest BCUT2D eigenvalue weighted by Gasteiger charge is 2.19. The number of hydrogen-bond donors (Lipinski definition) is 1. The molecule has 0 aliphatic carbocycles. The molecule has 1 unspecified atom stereocenters. The van der Waals surface area contributed by atoms with Gasteiger partial charge >= 0.3 is 0 Å². The summed E-state index contributed by atoms with van der Waals surface area (Å²) in [5.74, 6) is 1.08. The van der Waals surface area contributed by atoms with Gasteiger partial charge in [0.05, 0.1) is 18.7 Å². The maximum atomic E-state index is 12.6. The molecular weight excluding hydrogens is 362 g/mol. The van der Waals surface area contributed by atoms with Gasteiger partial charge in [-0.1, -0.05) is 19.9 Å². The van der Waals surface area contributed by atoms with Crippen LogP contribution in [-0.4, -0.2) is 13.0 Å². The van der Waals surface area contributed by atoms with Crippen molar-refractivity contribution in [3.63, 3.8) is 0 Å². The molecule has 0 saturated carbocycles. The highest BCUT2D eigenvalue weighted by atomic mass is 79.9. The number of thiophene rings is 1. The van der Waals surface area contributed by atoms with Gasteiger partial charge in [-0.2, -0.15) is 0 Å². The van der Waals surface area contributed by atoms with Crippen LogP contribution in [0.5, 0.6) is 5.75 Å². The van der Waals surface area contributed by atoms with Crippen LogP contribution in [0.1, 0.15) is 41.5 Å². The van der Waals surface area contributed by atoms with Gasteiger partial charge in [-0.05, 0) is 57.9 Å². The SMILES string of the molecule is COc1ccc(Br)c(C(=O)NC(CC(C)C)c2cccs2)c1. The van der Waals surface area contributed by atoms with Crippen molar-refractivity contribution in [1.29, 1.82) is 0 Å². The van der Waals surface area contributed by atoms with Crippen molar-refractivity contribution >= 4 is 33.2 Å². The van der Waals surface area contributed by atoms with E-state index in [-0.39, 0.29) is 11.9 Å². The fraction of sp³-hybridized carbons (Fsp3) is 0.353. The second-order valence-corrected chi connectivity index (χ2v) is 7.35. The molecular formula is C17H20BrNO2S. The number of rotatable bonds is 6. The van der Waals surface area contributed by atoms with Gasteiger partial charge in [0.2, 0.25) is 0 Å². The maximum Gasteiger partial charge on any atom is 0.253 e. The van der Waals surface area contributed by atoms with Crippen LogP contribution in [0.25, 0.3) is 0 Å². The lowest BCUT2D eigenvalue weighted by atomic mass is 10.0. The molecule has 0 spiro atoms. The third-order valence-electron chi connectivity index (χ3n) is 3.32. The lowest BCUT2D eigenvalue weighted by molar-refractivity contribution is 0.0931. The van der Waals surface area contributed by atoms with Crippen LogP contribution in [0, 0.1) is 5.92 Å². The maximum absolute atomic E-state index is 12.6. The first-order valence-electron chi connectivity index (χ1n) is 7.19. The monoisotopic (exact) mass is 381 g/mol. The first-order chi connectivity index (χ1) is 10.5. The normalized spacial score (nSPS) is 12.2. The van der Waals surface area contributed by atoms with Crippen molar-refractivity contribution in [1.82, 2.24) is 5.32 Å². The van der Waals surface area contributed by atoms with E-state index in [0.717, 1.165) is 10.9 Å². The Kier molecular flexibility index (Phi) is 6.03. The fourth-order valence-electron chi connectivity index (χ4n) is 2.25. The number of nitrogens with one attached hydrogen (secondary N) is 1. The summed E-state index contributed by atoms with van der Waals surface area (Å²) in [6.45, 7) is 4.32. The second kappa shape index (κ2) is 7.79. The molecule has 2 rings (SSSR count). The topological polar surface area (TPSA) is 38.3 Å². The van der Waals surface area contributed by atoms with E-state index in [1.165, 1.54) is 4.88 Å². The van der Waals surface area contributed by atoms with E-state index >= 15 is 0 Å². The number of ether oxygens (including phenoxy) is 1. The molecule has 1 heterocycles. The molecule has 0 saturated heterocycles. The van der Waals surface area contributed by atoms with Crippen molar-refractivity contribution in [2.45, 2.75) is 26.3 Å². The molecule has 0 fully saturated rings. The van der Waals surface area contributed by atoms with Crippen LogP contribution in [0.15, 0.2) is 40.2 Å². The summed E-state index contributed by atoms with van der Waals surface area (Å²) in [6.07, 6.45) is 0.911. The first kappa shape index (κ1) is 17.0. The van der Waals surface area contributed by atoms with E-state index in [9.17, 15) is 4.79 Å². The Morgan fingerprint density at radius 1 is 1.36 bits per heavy atom. The van der Waals surface area contributed by atoms with Gasteiger partial charge < -0.3 is 10.1 Å². The average molecular weight is 382 g/mol. The third kappa shape index (κ3) is 4.34. The molecule has 1 aromatic carbocycles. The predicted molar refractivity (Wildman–Crippen MR) is 94.7 cm³/mol. The predicted octanol–water partition coefficient (Wildman–Crippen LogP) is 5.04. The van der Waals surface area contributed by atoms with Crippen LogP contribution < -0.4 is 10.1 Å². The number of carbonyl (C=O) groups is 1. The number of hydrogen-bond acceptors (Lipinski definition) is 3. The summed E-state index contributed by atoms with van der Waals surface area (Å²) < 4.78 is 5.97. The lowest BCUT2D eigenvalue weighted by Crippen LogP contribution is -2.29. The summed E-state index contributed by atoms with van der Waals surface area (Å²) in [5.41, 5.74) is 0.588. The zero-order chi connectivity index (χ0) is 16.1. The molecule has 2 aromatic rings. The van der Waals surface area contributed by atoms with Crippen LogP contribution in [0.4, 0.5) is 0 Å². The van der Waals surface area contributed by atoms with E-state index in [2.05, 4.69) is 41.2 Å². The molecule has 1 amide bonds. The summed E-state index contributed by atoms with van der Waals surface area (Å²) in [4.78, 5) is 13.8. The summed E-state index contributed by atoms with van der Waals surface area (Å²) in [5, 5.41) is 5.18. The Balaban J connectivity index is 2.21. The van der Waals surface area contributed by atoms with Gasteiger partial charge in [0.1, 0.15) is 5.75 Å². The molecule has 3 nitrogen and oxygen atoms in total. The fourth-order valence-corrected chi connectivity index (χ4v) is 3.47. The van der Waals surface area contributed by atoms with Crippen LogP contribution >= 0.6 is 27.3 Å². The van der Waals surface area contributed by atoms with E-state index in [4.69, 9.17) is 4.74 Å². The van der Waals surface area contributed by atoms with Gasteiger partial charge in [-0.15, -0.1) is 11.3 Å². The van der Waals surface area contributed by atoms with Gasteiger partial charge in [0, 0.05) is 9.35 Å². The summed E-state index contributed by atoms with van der Waals surface area (Å²) in [7, 11) is 1.60. The van der Waals surface area contributed by atoms with E-state index < -0.39 is 0 Å². The van der Waals surface area contributed by atoms with Gasteiger partial charge in [-0.3, -0.25) is 4.79 Å².